The Morgan fingerprint density at radius 2 is 1.64 bits per heavy atom. The maximum Gasteiger partial charge on any atom is 0.313 e. The minimum atomic E-state index is -0.712. The third-order valence-electron chi connectivity index (χ3n) is 5.71. The van der Waals surface area contributed by atoms with E-state index in [0.717, 1.165) is 5.56 Å². The van der Waals surface area contributed by atoms with E-state index in [1.807, 2.05) is 29.2 Å². The Hall–Kier alpha value is -3.78. The zero-order valence-corrected chi connectivity index (χ0v) is 18.2. The summed E-state index contributed by atoms with van der Waals surface area (Å²) in [5, 5.41) is 5.35. The molecule has 0 aliphatic carbocycles. The van der Waals surface area contributed by atoms with Crippen molar-refractivity contribution in [2.45, 2.75) is 6.04 Å². The maximum absolute atomic E-state index is 14.2. The largest absolute Gasteiger partial charge is 0.367 e. The topological polar surface area (TPSA) is 77.6 Å². The van der Waals surface area contributed by atoms with Crippen LogP contribution in [0, 0.1) is 5.82 Å². The molecule has 0 unspecified atom stereocenters. The molecule has 3 aromatic rings. The molecular formula is C25H26FN5O2. The van der Waals surface area contributed by atoms with Gasteiger partial charge in [-0.1, -0.05) is 36.4 Å². The van der Waals surface area contributed by atoms with E-state index in [4.69, 9.17) is 0 Å². The summed E-state index contributed by atoms with van der Waals surface area (Å²) in [6, 6.07) is 19.3. The summed E-state index contributed by atoms with van der Waals surface area (Å²) in [5.41, 5.74) is 2.10. The van der Waals surface area contributed by atoms with Crippen molar-refractivity contribution >= 4 is 23.2 Å². The van der Waals surface area contributed by atoms with Crippen LogP contribution in [-0.4, -0.2) is 54.4 Å². The maximum atomic E-state index is 14.2. The summed E-state index contributed by atoms with van der Waals surface area (Å²) in [6.07, 6.45) is 3.46. The van der Waals surface area contributed by atoms with Crippen molar-refractivity contribution in [3.05, 3.63) is 90.5 Å². The van der Waals surface area contributed by atoms with Gasteiger partial charge in [0, 0.05) is 50.8 Å². The van der Waals surface area contributed by atoms with Crippen LogP contribution in [0.5, 0.6) is 0 Å². The Bertz CT molecular complexity index is 1070. The molecular weight excluding hydrogens is 421 g/mol. The number of piperazine rings is 1. The number of pyridine rings is 1. The molecule has 2 amide bonds. The number of nitrogens with one attached hydrogen (secondary N) is 2. The second-order valence-electron chi connectivity index (χ2n) is 7.81. The highest BCUT2D eigenvalue weighted by molar-refractivity contribution is 6.39. The Morgan fingerprint density at radius 1 is 0.909 bits per heavy atom. The lowest BCUT2D eigenvalue weighted by Crippen LogP contribution is -2.50. The molecule has 8 heteroatoms. The Morgan fingerprint density at radius 3 is 2.33 bits per heavy atom. The van der Waals surface area contributed by atoms with E-state index in [-0.39, 0.29) is 18.4 Å². The number of aromatic nitrogens is 1. The zero-order chi connectivity index (χ0) is 23.0. The first kappa shape index (κ1) is 22.4. The molecule has 1 aliphatic heterocycles. The minimum Gasteiger partial charge on any atom is -0.367 e. The van der Waals surface area contributed by atoms with Crippen molar-refractivity contribution in [1.82, 2.24) is 15.2 Å². The van der Waals surface area contributed by atoms with Gasteiger partial charge >= 0.3 is 11.8 Å². The van der Waals surface area contributed by atoms with Gasteiger partial charge in [0.2, 0.25) is 0 Å². The Balaban J connectivity index is 1.39. The molecule has 1 fully saturated rings. The molecule has 1 atom stereocenters. The summed E-state index contributed by atoms with van der Waals surface area (Å²) in [7, 11) is 0. The van der Waals surface area contributed by atoms with Crippen LogP contribution in [0.2, 0.25) is 0 Å². The fraction of sp³-hybridized carbons (Fsp3) is 0.240. The lowest BCUT2D eigenvalue weighted by atomic mass is 10.1. The van der Waals surface area contributed by atoms with E-state index in [1.165, 1.54) is 6.07 Å². The number of amides is 2. The third kappa shape index (κ3) is 5.72. The predicted molar refractivity (Wildman–Crippen MR) is 125 cm³/mol. The third-order valence-corrected chi connectivity index (χ3v) is 5.71. The highest BCUT2D eigenvalue weighted by atomic mass is 19.1. The quantitative estimate of drug-likeness (QED) is 0.569. The van der Waals surface area contributed by atoms with Crippen LogP contribution in [0.25, 0.3) is 0 Å². The van der Waals surface area contributed by atoms with Gasteiger partial charge in [-0.15, -0.1) is 0 Å². The van der Waals surface area contributed by atoms with E-state index in [1.54, 1.807) is 48.8 Å². The van der Waals surface area contributed by atoms with Gasteiger partial charge in [0.15, 0.2) is 0 Å². The van der Waals surface area contributed by atoms with Crippen LogP contribution in [0.15, 0.2) is 79.1 Å². The molecule has 7 nitrogen and oxygen atoms in total. The first-order valence-corrected chi connectivity index (χ1v) is 10.9. The number of benzene rings is 2. The van der Waals surface area contributed by atoms with Crippen LogP contribution in [0.1, 0.15) is 11.6 Å². The van der Waals surface area contributed by atoms with Gasteiger partial charge in [-0.05, 0) is 35.9 Å². The first-order chi connectivity index (χ1) is 16.1. The van der Waals surface area contributed by atoms with E-state index >= 15 is 0 Å². The number of nitrogens with zero attached hydrogens (tertiary/aromatic N) is 3. The molecule has 0 saturated carbocycles. The fourth-order valence-electron chi connectivity index (χ4n) is 3.99. The summed E-state index contributed by atoms with van der Waals surface area (Å²) >= 11 is 0. The fourth-order valence-corrected chi connectivity index (χ4v) is 3.99. The van der Waals surface area contributed by atoms with Gasteiger partial charge in [-0.25, -0.2) is 4.39 Å². The molecule has 2 N–H and O–H groups in total. The summed E-state index contributed by atoms with van der Waals surface area (Å²) in [6.45, 7) is 2.92. The normalized spacial score (nSPS) is 15.0. The average molecular weight is 448 g/mol. The van der Waals surface area contributed by atoms with Gasteiger partial charge < -0.3 is 15.5 Å². The van der Waals surface area contributed by atoms with Crippen LogP contribution < -0.4 is 15.5 Å². The molecule has 0 bridgehead atoms. The Labute approximate surface area is 192 Å². The minimum absolute atomic E-state index is 0.157. The van der Waals surface area contributed by atoms with Crippen molar-refractivity contribution in [1.29, 1.82) is 0 Å². The van der Waals surface area contributed by atoms with E-state index < -0.39 is 11.8 Å². The van der Waals surface area contributed by atoms with Gasteiger partial charge in [0.25, 0.3) is 0 Å². The highest BCUT2D eigenvalue weighted by Gasteiger charge is 2.27. The Kier molecular flexibility index (Phi) is 7.26. The summed E-state index contributed by atoms with van der Waals surface area (Å²) in [4.78, 5) is 33.2. The molecule has 1 aromatic heterocycles. The van der Waals surface area contributed by atoms with Crippen molar-refractivity contribution in [3.8, 4) is 0 Å². The number of anilines is 2. The predicted octanol–water partition coefficient (Wildman–Crippen LogP) is 2.84. The van der Waals surface area contributed by atoms with E-state index in [0.29, 0.717) is 37.6 Å². The van der Waals surface area contributed by atoms with Gasteiger partial charge in [0.05, 0.1) is 11.7 Å². The highest BCUT2D eigenvalue weighted by Crippen LogP contribution is 2.25. The average Bonchev–Trinajstić information content (AvgIpc) is 2.86. The van der Waals surface area contributed by atoms with Crippen LogP contribution >= 0.6 is 0 Å². The van der Waals surface area contributed by atoms with Crippen molar-refractivity contribution in [2.24, 2.45) is 0 Å². The van der Waals surface area contributed by atoms with Crippen LogP contribution in [0.4, 0.5) is 15.8 Å². The molecule has 4 rings (SSSR count). The number of hydrogen-bond acceptors (Lipinski definition) is 5. The van der Waals surface area contributed by atoms with E-state index in [2.05, 4.69) is 20.5 Å². The number of halogens is 1. The molecule has 33 heavy (non-hydrogen) atoms. The standard InChI is InChI=1S/C25H26FN5O2/c26-21-10-4-5-11-22(21)30-13-15-31(16-14-30)23(19-7-6-12-27-17-19)18-28-24(32)25(33)29-20-8-2-1-3-9-20/h1-12,17,23H,13-16,18H2,(H,28,32)(H,29,33)/t23-/m1/s1. The molecule has 0 radical (unpaired) electrons. The smallest absolute Gasteiger partial charge is 0.313 e. The number of carbonyl (C=O) groups is 2. The summed E-state index contributed by atoms with van der Waals surface area (Å²) < 4.78 is 14.2. The molecule has 2 aromatic carbocycles. The van der Waals surface area contributed by atoms with Gasteiger partial charge in [-0.2, -0.15) is 0 Å². The van der Waals surface area contributed by atoms with Crippen LogP contribution in [-0.2, 0) is 9.59 Å². The number of carbonyl (C=O) groups excluding carboxylic acids is 2. The van der Waals surface area contributed by atoms with Crippen molar-refractivity contribution in [2.75, 3.05) is 42.9 Å². The number of hydrogen-bond donors (Lipinski definition) is 2. The first-order valence-electron chi connectivity index (χ1n) is 10.9. The van der Waals surface area contributed by atoms with Crippen molar-refractivity contribution < 1.29 is 14.0 Å². The molecule has 1 aliphatic rings. The van der Waals surface area contributed by atoms with Gasteiger partial charge in [-0.3, -0.25) is 19.5 Å². The van der Waals surface area contributed by atoms with E-state index in [9.17, 15) is 14.0 Å². The van der Waals surface area contributed by atoms with Gasteiger partial charge in [0.1, 0.15) is 5.82 Å². The number of rotatable bonds is 6. The second kappa shape index (κ2) is 10.7. The molecule has 170 valence electrons. The number of para-hydroxylation sites is 2. The summed E-state index contributed by atoms with van der Waals surface area (Å²) in [5.74, 6) is -1.64. The monoisotopic (exact) mass is 447 g/mol. The molecule has 1 saturated heterocycles. The lowest BCUT2D eigenvalue weighted by molar-refractivity contribution is -0.136. The SMILES string of the molecule is O=C(NC[C@H](c1cccnc1)N1CCN(c2ccccc2F)CC1)C(=O)Nc1ccccc1. The molecule has 2 heterocycles. The lowest BCUT2D eigenvalue weighted by Gasteiger charge is -2.40. The van der Waals surface area contributed by atoms with Crippen LogP contribution in [0.3, 0.4) is 0 Å². The van der Waals surface area contributed by atoms with Crippen molar-refractivity contribution in [3.63, 3.8) is 0 Å². The second-order valence-corrected chi connectivity index (χ2v) is 7.81. The molecule has 0 spiro atoms. The zero-order valence-electron chi connectivity index (χ0n) is 18.2.